The van der Waals surface area contributed by atoms with Crippen LogP contribution in [0.5, 0.6) is 11.5 Å². The summed E-state index contributed by atoms with van der Waals surface area (Å²) in [6.45, 7) is 3.84. The van der Waals surface area contributed by atoms with Crippen molar-refractivity contribution in [2.45, 2.75) is 26.4 Å². The fourth-order valence-corrected chi connectivity index (χ4v) is 5.58. The fourth-order valence-electron chi connectivity index (χ4n) is 5.58. The summed E-state index contributed by atoms with van der Waals surface area (Å²) in [4.78, 5) is 39.3. The Labute approximate surface area is 263 Å². The van der Waals surface area contributed by atoms with Crippen LogP contribution < -0.4 is 20.5 Å². The molecule has 2 aromatic carbocycles. The van der Waals surface area contributed by atoms with Crippen molar-refractivity contribution in [1.82, 2.24) is 24.3 Å². The van der Waals surface area contributed by atoms with Gasteiger partial charge in [0.2, 0.25) is 5.82 Å². The number of hydrogen-bond acceptors (Lipinski definition) is 9. The number of nitrogens with zero attached hydrogens (tertiary/aromatic N) is 5. The smallest absolute Gasteiger partial charge is 0.298 e. The Morgan fingerprint density at radius 3 is 2.59 bits per heavy atom. The number of benzene rings is 2. The van der Waals surface area contributed by atoms with Gasteiger partial charge in [0.25, 0.3) is 12.4 Å². The molecule has 5 aromatic rings. The second-order valence-corrected chi connectivity index (χ2v) is 10.9. The highest BCUT2D eigenvalue weighted by Crippen LogP contribution is 2.36. The molecule has 1 saturated heterocycles. The topological polar surface area (TPSA) is 137 Å². The first-order chi connectivity index (χ1) is 22.4. The fraction of sp³-hybridized carbons (Fsp3) is 0.242. The third kappa shape index (κ3) is 5.96. The first kappa shape index (κ1) is 30.6. The van der Waals surface area contributed by atoms with Crippen molar-refractivity contribution in [3.8, 4) is 22.8 Å². The van der Waals surface area contributed by atoms with Crippen LogP contribution in [0, 0.1) is 24.5 Å². The number of carbonyl (C=O) groups excluding carboxylic acids is 2. The van der Waals surface area contributed by atoms with Gasteiger partial charge in [-0.05, 0) is 74.2 Å². The maximum Gasteiger partial charge on any atom is 0.298 e. The number of piperidine rings is 1. The van der Waals surface area contributed by atoms with E-state index >= 15 is 8.78 Å². The Balaban J connectivity index is 1.27. The van der Waals surface area contributed by atoms with Crippen LogP contribution in [0.1, 0.15) is 34.3 Å². The number of amides is 1. The number of carbonyl (C=O) groups is 2. The third-order valence-corrected chi connectivity index (χ3v) is 8.18. The second-order valence-electron chi connectivity index (χ2n) is 10.9. The minimum Gasteiger partial charge on any atom is -0.486 e. The van der Waals surface area contributed by atoms with Crippen molar-refractivity contribution in [2.24, 2.45) is 11.7 Å². The number of pyridine rings is 1. The van der Waals surface area contributed by atoms with Crippen molar-refractivity contribution >= 4 is 29.5 Å². The van der Waals surface area contributed by atoms with Crippen LogP contribution in [0.2, 0.25) is 0 Å². The summed E-state index contributed by atoms with van der Waals surface area (Å²) in [6, 6.07) is 9.52. The van der Waals surface area contributed by atoms with E-state index in [0.29, 0.717) is 48.0 Å². The molecule has 3 aromatic heterocycles. The van der Waals surface area contributed by atoms with Crippen LogP contribution in [0.4, 0.5) is 20.3 Å². The third-order valence-electron chi connectivity index (χ3n) is 8.18. The van der Waals surface area contributed by atoms with Gasteiger partial charge in [-0.15, -0.1) is 0 Å². The standard InChI is InChI=1S/C33H31F2N7O4/c1-20-23(33(44)41-13-8-21(16-36)9-14-41)2-4-25(30(20)46-19-43)40-31-32-39-17-26(42(32)15-12-38-31)24-3-5-27(29(35)28(24)34)45-18-22-6-10-37-11-7-22/h2-7,10-12,15,17,19,21H,8-9,13-14,16,18,36H2,1H3,(H,38,40). The van der Waals surface area contributed by atoms with Gasteiger partial charge in [-0.3, -0.25) is 19.0 Å². The second kappa shape index (κ2) is 13.3. The molecule has 0 unspecified atom stereocenters. The minimum atomic E-state index is -1.13. The predicted octanol–water partition coefficient (Wildman–Crippen LogP) is 5.05. The molecule has 0 aliphatic carbocycles. The van der Waals surface area contributed by atoms with Crippen LogP contribution in [-0.2, 0) is 11.4 Å². The molecule has 1 fully saturated rings. The van der Waals surface area contributed by atoms with E-state index in [2.05, 4.69) is 20.3 Å². The molecule has 6 rings (SSSR count). The first-order valence-corrected chi connectivity index (χ1v) is 14.7. The lowest BCUT2D eigenvalue weighted by Crippen LogP contribution is -2.40. The average Bonchev–Trinajstić information content (AvgIpc) is 3.52. The van der Waals surface area contributed by atoms with Crippen LogP contribution >= 0.6 is 0 Å². The Bertz CT molecular complexity index is 1890. The molecule has 3 N–H and O–H groups in total. The van der Waals surface area contributed by atoms with Gasteiger partial charge in [0.05, 0.1) is 17.6 Å². The molecule has 0 saturated carbocycles. The van der Waals surface area contributed by atoms with E-state index in [1.807, 2.05) is 0 Å². The Kier molecular flexibility index (Phi) is 8.83. The zero-order valence-corrected chi connectivity index (χ0v) is 25.0. The number of halogens is 2. The number of hydrogen-bond donors (Lipinski definition) is 2. The molecule has 1 amide bonds. The average molecular weight is 628 g/mol. The van der Waals surface area contributed by atoms with Gasteiger partial charge in [0, 0.05) is 54.6 Å². The van der Waals surface area contributed by atoms with Gasteiger partial charge in [-0.25, -0.2) is 14.4 Å². The molecule has 0 atom stereocenters. The summed E-state index contributed by atoms with van der Waals surface area (Å²) in [6.07, 6.45) is 9.28. The van der Waals surface area contributed by atoms with E-state index in [-0.39, 0.29) is 47.6 Å². The lowest BCUT2D eigenvalue weighted by atomic mass is 9.96. The molecule has 1 aliphatic rings. The Hall–Kier alpha value is -5.43. The molecule has 11 nitrogen and oxygen atoms in total. The van der Waals surface area contributed by atoms with Crippen molar-refractivity contribution in [2.75, 3.05) is 25.0 Å². The number of rotatable bonds is 10. The number of imidazole rings is 1. The molecule has 0 bridgehead atoms. The summed E-state index contributed by atoms with van der Waals surface area (Å²) in [5.41, 5.74) is 8.35. The SMILES string of the molecule is Cc1c(C(=O)N2CCC(CN)CC2)ccc(Nc2nccn3c(-c4ccc(OCc5ccncc5)c(F)c4F)cnc23)c1OC=O. The molecule has 0 spiro atoms. The monoisotopic (exact) mass is 627 g/mol. The zero-order valence-electron chi connectivity index (χ0n) is 25.0. The maximum absolute atomic E-state index is 15.4. The predicted molar refractivity (Wildman–Crippen MR) is 166 cm³/mol. The van der Waals surface area contributed by atoms with E-state index in [1.54, 1.807) is 59.1 Å². The summed E-state index contributed by atoms with van der Waals surface area (Å²) in [7, 11) is 0. The number of ether oxygens (including phenoxy) is 2. The lowest BCUT2D eigenvalue weighted by Gasteiger charge is -2.32. The molecular weight excluding hydrogens is 596 g/mol. The first-order valence-electron chi connectivity index (χ1n) is 14.7. The highest BCUT2D eigenvalue weighted by atomic mass is 19.2. The van der Waals surface area contributed by atoms with E-state index < -0.39 is 11.6 Å². The summed E-state index contributed by atoms with van der Waals surface area (Å²) in [5.74, 6) is -1.79. The van der Waals surface area contributed by atoms with E-state index in [1.165, 1.54) is 24.5 Å². The zero-order chi connectivity index (χ0) is 32.2. The van der Waals surface area contributed by atoms with Gasteiger partial charge in [-0.1, -0.05) is 0 Å². The van der Waals surface area contributed by atoms with E-state index in [4.69, 9.17) is 15.2 Å². The van der Waals surface area contributed by atoms with Gasteiger partial charge in [0.15, 0.2) is 28.8 Å². The molecule has 236 valence electrons. The maximum atomic E-state index is 15.4. The van der Waals surface area contributed by atoms with Gasteiger partial charge >= 0.3 is 0 Å². The quantitative estimate of drug-likeness (QED) is 0.204. The van der Waals surface area contributed by atoms with E-state index in [0.717, 1.165) is 18.4 Å². The highest BCUT2D eigenvalue weighted by molar-refractivity contribution is 5.97. The highest BCUT2D eigenvalue weighted by Gasteiger charge is 2.26. The van der Waals surface area contributed by atoms with Crippen LogP contribution in [-0.4, -0.2) is 56.3 Å². The van der Waals surface area contributed by atoms with Crippen molar-refractivity contribution in [3.05, 3.63) is 95.7 Å². The number of likely N-dealkylation sites (tertiary alicyclic amines) is 1. The minimum absolute atomic E-state index is 0.0300. The van der Waals surface area contributed by atoms with E-state index in [9.17, 15) is 9.59 Å². The Morgan fingerprint density at radius 1 is 1.07 bits per heavy atom. The number of aromatic nitrogens is 4. The van der Waals surface area contributed by atoms with Gasteiger partial charge < -0.3 is 25.4 Å². The molecule has 0 radical (unpaired) electrons. The Morgan fingerprint density at radius 2 is 1.85 bits per heavy atom. The normalized spacial score (nSPS) is 13.5. The molecule has 4 heterocycles. The molecular formula is C33H31F2N7O4. The van der Waals surface area contributed by atoms with Gasteiger partial charge in [-0.2, -0.15) is 4.39 Å². The summed E-state index contributed by atoms with van der Waals surface area (Å²) >= 11 is 0. The number of nitrogens with two attached hydrogens (primary N) is 1. The molecule has 46 heavy (non-hydrogen) atoms. The molecule has 1 aliphatic heterocycles. The lowest BCUT2D eigenvalue weighted by molar-refractivity contribution is -0.120. The van der Waals surface area contributed by atoms with Crippen molar-refractivity contribution in [1.29, 1.82) is 0 Å². The van der Waals surface area contributed by atoms with Crippen molar-refractivity contribution in [3.63, 3.8) is 0 Å². The van der Waals surface area contributed by atoms with Crippen LogP contribution in [0.3, 0.4) is 0 Å². The number of fused-ring (bicyclic) bond motifs is 1. The van der Waals surface area contributed by atoms with Crippen LogP contribution in [0.15, 0.2) is 67.4 Å². The largest absolute Gasteiger partial charge is 0.486 e. The summed E-state index contributed by atoms with van der Waals surface area (Å²) < 4.78 is 42.8. The molecule has 13 heteroatoms. The van der Waals surface area contributed by atoms with Crippen LogP contribution in [0.25, 0.3) is 16.9 Å². The van der Waals surface area contributed by atoms with Gasteiger partial charge in [0.1, 0.15) is 6.61 Å². The number of anilines is 2. The number of nitrogens with one attached hydrogen (secondary N) is 1. The summed E-state index contributed by atoms with van der Waals surface area (Å²) in [5, 5.41) is 3.12. The van der Waals surface area contributed by atoms with Crippen molar-refractivity contribution < 1.29 is 27.8 Å².